The Kier molecular flexibility index (Phi) is 6.53. The molecule has 8 heteroatoms. The predicted molar refractivity (Wildman–Crippen MR) is 98.5 cm³/mol. The number of ether oxygens (including phenoxy) is 2. The van der Waals surface area contributed by atoms with Crippen LogP contribution in [0.3, 0.4) is 0 Å². The van der Waals surface area contributed by atoms with Gasteiger partial charge >= 0.3 is 12.3 Å². The van der Waals surface area contributed by atoms with Gasteiger partial charge in [0.2, 0.25) is 0 Å². The second kappa shape index (κ2) is 8.19. The summed E-state index contributed by atoms with van der Waals surface area (Å²) in [6.45, 7) is 9.63. The molecule has 1 N–H and O–H groups in total. The van der Waals surface area contributed by atoms with E-state index in [0.717, 1.165) is 12.1 Å². The van der Waals surface area contributed by atoms with Crippen molar-refractivity contribution in [3.05, 3.63) is 29.8 Å². The summed E-state index contributed by atoms with van der Waals surface area (Å²) in [5.74, 6) is 0.0913. The van der Waals surface area contributed by atoms with Crippen LogP contribution >= 0.6 is 0 Å². The lowest BCUT2D eigenvalue weighted by atomic mass is 9.77. The van der Waals surface area contributed by atoms with Crippen LogP contribution in [0.2, 0.25) is 0 Å². The molecule has 1 saturated heterocycles. The molecule has 0 aromatic heterocycles. The Balaban J connectivity index is 2.36. The van der Waals surface area contributed by atoms with Gasteiger partial charge in [0.1, 0.15) is 18.0 Å². The van der Waals surface area contributed by atoms with Crippen molar-refractivity contribution in [2.75, 3.05) is 6.54 Å². The number of carbonyl (C=O) groups is 1. The van der Waals surface area contributed by atoms with E-state index >= 15 is 0 Å². The van der Waals surface area contributed by atoms with Gasteiger partial charge in [-0.2, -0.15) is 13.2 Å². The molecule has 0 saturated carbocycles. The minimum Gasteiger partial charge on any atom is -0.488 e. The van der Waals surface area contributed by atoms with E-state index in [0.29, 0.717) is 6.42 Å². The maximum absolute atomic E-state index is 13.0. The predicted octanol–water partition coefficient (Wildman–Crippen LogP) is 5.04. The second-order valence-electron chi connectivity index (χ2n) is 8.41. The molecule has 28 heavy (non-hydrogen) atoms. The first kappa shape index (κ1) is 22.3. The standard InChI is InChI=1S/C20H28F3NO4/c1-12(2)27-16-15(9-10-24(18(25)26)17(16)19(3,4)5)28-14-8-6-7-13(11-14)20(21,22)23/h6-8,11-12,15-17H,9-10H2,1-5H3,(H,25,26). The molecule has 0 spiro atoms. The monoisotopic (exact) mass is 403 g/mol. The minimum atomic E-state index is -4.46. The van der Waals surface area contributed by atoms with E-state index in [-0.39, 0.29) is 18.4 Å². The highest BCUT2D eigenvalue weighted by Gasteiger charge is 2.48. The topological polar surface area (TPSA) is 59.0 Å². The molecule has 1 aliphatic heterocycles. The Labute approximate surface area is 163 Å². The zero-order chi connectivity index (χ0) is 21.3. The summed E-state index contributed by atoms with van der Waals surface area (Å²) >= 11 is 0. The van der Waals surface area contributed by atoms with Gasteiger partial charge in [-0.1, -0.05) is 26.8 Å². The number of nitrogens with zero attached hydrogens (tertiary/aromatic N) is 1. The Bertz CT molecular complexity index is 685. The molecule has 2 rings (SSSR count). The SMILES string of the molecule is CC(C)OC1C(Oc2cccc(C(F)(F)F)c2)CCN(C(=O)O)C1C(C)(C)C. The number of halogens is 3. The van der Waals surface area contributed by atoms with Crippen molar-refractivity contribution in [3.63, 3.8) is 0 Å². The lowest BCUT2D eigenvalue weighted by Gasteiger charge is -2.49. The van der Waals surface area contributed by atoms with E-state index < -0.39 is 41.5 Å². The fourth-order valence-electron chi connectivity index (χ4n) is 3.65. The number of hydrogen-bond donors (Lipinski definition) is 1. The minimum absolute atomic E-state index is 0.0913. The highest BCUT2D eigenvalue weighted by Crippen LogP contribution is 2.37. The summed E-state index contributed by atoms with van der Waals surface area (Å²) in [5, 5.41) is 9.63. The van der Waals surface area contributed by atoms with E-state index in [9.17, 15) is 23.1 Å². The third kappa shape index (κ3) is 5.31. The Morgan fingerprint density at radius 2 is 1.89 bits per heavy atom. The highest BCUT2D eigenvalue weighted by molar-refractivity contribution is 5.66. The van der Waals surface area contributed by atoms with Gasteiger partial charge in [-0.3, -0.25) is 0 Å². The Morgan fingerprint density at radius 3 is 2.39 bits per heavy atom. The molecular weight excluding hydrogens is 375 g/mol. The van der Waals surface area contributed by atoms with Crippen LogP contribution in [0.5, 0.6) is 5.75 Å². The quantitative estimate of drug-likeness (QED) is 0.765. The molecular formula is C20H28F3NO4. The zero-order valence-electron chi connectivity index (χ0n) is 16.8. The molecule has 1 aromatic carbocycles. The van der Waals surface area contributed by atoms with Gasteiger partial charge in [0.05, 0.1) is 17.7 Å². The van der Waals surface area contributed by atoms with Crippen LogP contribution in [0.4, 0.5) is 18.0 Å². The first-order valence-electron chi connectivity index (χ1n) is 9.29. The van der Waals surface area contributed by atoms with Crippen LogP contribution in [0.15, 0.2) is 24.3 Å². The van der Waals surface area contributed by atoms with Crippen LogP contribution in [-0.2, 0) is 10.9 Å². The van der Waals surface area contributed by atoms with Crippen molar-refractivity contribution in [2.45, 2.75) is 71.6 Å². The number of likely N-dealkylation sites (tertiary alicyclic amines) is 1. The van der Waals surface area contributed by atoms with Gasteiger partial charge in [0.25, 0.3) is 0 Å². The third-order valence-corrected chi connectivity index (χ3v) is 4.68. The molecule has 1 amide bonds. The lowest BCUT2D eigenvalue weighted by molar-refractivity contribution is -0.140. The van der Waals surface area contributed by atoms with Crippen LogP contribution < -0.4 is 4.74 Å². The summed E-state index contributed by atoms with van der Waals surface area (Å²) in [7, 11) is 0. The van der Waals surface area contributed by atoms with Crippen molar-refractivity contribution in [2.24, 2.45) is 5.41 Å². The van der Waals surface area contributed by atoms with E-state index in [1.165, 1.54) is 17.0 Å². The van der Waals surface area contributed by atoms with Crippen molar-refractivity contribution in [1.29, 1.82) is 0 Å². The van der Waals surface area contributed by atoms with Gasteiger partial charge in [0.15, 0.2) is 0 Å². The average Bonchev–Trinajstić information content (AvgIpc) is 2.53. The molecule has 3 atom stereocenters. The van der Waals surface area contributed by atoms with E-state index in [1.54, 1.807) is 0 Å². The number of rotatable bonds is 4. The summed E-state index contributed by atoms with van der Waals surface area (Å²) < 4.78 is 51.0. The fourth-order valence-corrected chi connectivity index (χ4v) is 3.65. The average molecular weight is 403 g/mol. The van der Waals surface area contributed by atoms with E-state index in [2.05, 4.69) is 0 Å². The normalized spacial score (nSPS) is 23.8. The van der Waals surface area contributed by atoms with Crippen LogP contribution in [0.1, 0.15) is 46.6 Å². The van der Waals surface area contributed by atoms with Gasteiger partial charge in [-0.25, -0.2) is 4.79 Å². The first-order chi connectivity index (χ1) is 12.8. The molecule has 158 valence electrons. The second-order valence-corrected chi connectivity index (χ2v) is 8.41. The van der Waals surface area contributed by atoms with Crippen molar-refractivity contribution < 1.29 is 32.5 Å². The van der Waals surface area contributed by atoms with Crippen LogP contribution in [-0.4, -0.2) is 47.0 Å². The molecule has 0 bridgehead atoms. The van der Waals surface area contributed by atoms with Gasteiger partial charge in [-0.15, -0.1) is 0 Å². The van der Waals surface area contributed by atoms with Crippen LogP contribution in [0.25, 0.3) is 0 Å². The number of amides is 1. The number of benzene rings is 1. The third-order valence-electron chi connectivity index (χ3n) is 4.68. The van der Waals surface area contributed by atoms with Gasteiger partial charge in [-0.05, 0) is 37.5 Å². The summed E-state index contributed by atoms with van der Waals surface area (Å²) in [4.78, 5) is 13.1. The van der Waals surface area contributed by atoms with E-state index in [4.69, 9.17) is 9.47 Å². The molecule has 0 radical (unpaired) electrons. The molecule has 5 nitrogen and oxygen atoms in total. The first-order valence-corrected chi connectivity index (χ1v) is 9.29. The molecule has 1 aromatic rings. The Hall–Kier alpha value is -1.96. The molecule has 1 heterocycles. The summed E-state index contributed by atoms with van der Waals surface area (Å²) in [6, 6.07) is 4.21. The number of carboxylic acid groups (broad SMARTS) is 1. The van der Waals surface area contributed by atoms with Crippen LogP contribution in [0, 0.1) is 5.41 Å². The molecule has 1 aliphatic rings. The van der Waals surface area contributed by atoms with Crippen molar-refractivity contribution >= 4 is 6.09 Å². The van der Waals surface area contributed by atoms with Crippen molar-refractivity contribution in [1.82, 2.24) is 4.90 Å². The number of alkyl halides is 3. The maximum Gasteiger partial charge on any atom is 0.416 e. The van der Waals surface area contributed by atoms with E-state index in [1.807, 2.05) is 34.6 Å². The number of piperidine rings is 1. The Morgan fingerprint density at radius 1 is 1.25 bits per heavy atom. The lowest BCUT2D eigenvalue weighted by Crippen LogP contribution is -2.63. The molecule has 3 unspecified atom stereocenters. The maximum atomic E-state index is 13.0. The molecule has 0 aliphatic carbocycles. The summed E-state index contributed by atoms with van der Waals surface area (Å²) in [5.41, 5.74) is -1.24. The van der Waals surface area contributed by atoms with Gasteiger partial charge < -0.3 is 19.5 Å². The summed E-state index contributed by atoms with van der Waals surface area (Å²) in [6.07, 6.45) is -6.56. The van der Waals surface area contributed by atoms with Gasteiger partial charge in [0, 0.05) is 13.0 Å². The zero-order valence-corrected chi connectivity index (χ0v) is 16.8. The largest absolute Gasteiger partial charge is 0.488 e. The highest BCUT2D eigenvalue weighted by atomic mass is 19.4. The smallest absolute Gasteiger partial charge is 0.416 e. The number of hydrogen-bond acceptors (Lipinski definition) is 3. The fraction of sp³-hybridized carbons (Fsp3) is 0.650. The van der Waals surface area contributed by atoms with Crippen molar-refractivity contribution in [3.8, 4) is 5.75 Å². The molecule has 1 fully saturated rings.